The molecule has 0 amide bonds. The van der Waals surface area contributed by atoms with Gasteiger partial charge in [-0.05, 0) is 29.8 Å². The van der Waals surface area contributed by atoms with Crippen LogP contribution in [0.2, 0.25) is 0 Å². The lowest BCUT2D eigenvalue weighted by Gasteiger charge is -2.14. The van der Waals surface area contributed by atoms with E-state index in [9.17, 15) is 20.5 Å². The molecule has 0 spiro atoms. The summed E-state index contributed by atoms with van der Waals surface area (Å²) in [6, 6.07) is 14.7. The molecule has 1 atom stereocenters. The number of nitrogens with one attached hydrogen (secondary N) is 1. The number of nitrogens with zero attached hydrogens (tertiary/aromatic N) is 3. The number of aliphatic hydroxyl groups is 1. The summed E-state index contributed by atoms with van der Waals surface area (Å²) in [6.45, 7) is 0.183. The lowest BCUT2D eigenvalue weighted by Crippen LogP contribution is -2.13. The number of nitriles is 1. The van der Waals surface area contributed by atoms with E-state index in [0.717, 1.165) is 0 Å². The Morgan fingerprint density at radius 3 is 2.67 bits per heavy atom. The maximum atomic E-state index is 10.9. The summed E-state index contributed by atoms with van der Waals surface area (Å²) in [7, 11) is 1.57. The fourth-order valence-corrected chi connectivity index (χ4v) is 2.66. The molecule has 0 radical (unpaired) electrons. The van der Waals surface area contributed by atoms with Crippen LogP contribution in [0.1, 0.15) is 17.2 Å². The Bertz CT molecular complexity index is 1030. The second-order valence-corrected chi connectivity index (χ2v) is 5.80. The second kappa shape index (κ2) is 7.68. The predicted octanol–water partition coefficient (Wildman–Crippen LogP) is 3.17. The number of nitro groups is 1. The van der Waals surface area contributed by atoms with Gasteiger partial charge in [0, 0.05) is 24.1 Å². The van der Waals surface area contributed by atoms with Crippen molar-refractivity contribution in [1.82, 2.24) is 4.98 Å². The Balaban J connectivity index is 1.81. The van der Waals surface area contributed by atoms with Gasteiger partial charge in [-0.3, -0.25) is 10.1 Å². The van der Waals surface area contributed by atoms with E-state index in [1.54, 1.807) is 31.4 Å². The zero-order valence-electron chi connectivity index (χ0n) is 14.4. The fourth-order valence-electron chi connectivity index (χ4n) is 2.66. The Morgan fingerprint density at radius 1 is 1.30 bits per heavy atom. The first kappa shape index (κ1) is 18.1. The lowest BCUT2D eigenvalue weighted by molar-refractivity contribution is -0.384. The summed E-state index contributed by atoms with van der Waals surface area (Å²) >= 11 is 0. The summed E-state index contributed by atoms with van der Waals surface area (Å²) in [5.41, 5.74) is 1.34. The van der Waals surface area contributed by atoms with E-state index in [4.69, 9.17) is 4.74 Å². The smallest absolute Gasteiger partial charge is 0.270 e. The van der Waals surface area contributed by atoms with Crippen molar-refractivity contribution in [1.29, 1.82) is 5.26 Å². The van der Waals surface area contributed by atoms with E-state index in [2.05, 4.69) is 10.3 Å². The number of hydrogen-bond acceptors (Lipinski definition) is 7. The third kappa shape index (κ3) is 3.94. The van der Waals surface area contributed by atoms with E-state index >= 15 is 0 Å². The number of aromatic nitrogens is 1. The van der Waals surface area contributed by atoms with Crippen LogP contribution in [-0.2, 0) is 0 Å². The molecule has 0 bridgehead atoms. The maximum absolute atomic E-state index is 10.9. The molecule has 0 fully saturated rings. The predicted molar refractivity (Wildman–Crippen MR) is 99.6 cm³/mol. The molecule has 27 heavy (non-hydrogen) atoms. The number of anilines is 1. The number of non-ortho nitro benzene ring substituents is 1. The number of benzene rings is 2. The number of pyridine rings is 1. The van der Waals surface area contributed by atoms with Crippen molar-refractivity contribution < 1.29 is 14.8 Å². The summed E-state index contributed by atoms with van der Waals surface area (Å²) in [6.07, 6.45) is -0.782. The van der Waals surface area contributed by atoms with Crippen LogP contribution in [0.3, 0.4) is 0 Å². The van der Waals surface area contributed by atoms with Crippen LogP contribution < -0.4 is 10.1 Å². The van der Waals surface area contributed by atoms with E-state index in [-0.39, 0.29) is 17.8 Å². The summed E-state index contributed by atoms with van der Waals surface area (Å²) in [4.78, 5) is 14.8. The molecule has 8 nitrogen and oxygen atoms in total. The molecular weight excluding hydrogens is 348 g/mol. The molecule has 1 unspecified atom stereocenters. The van der Waals surface area contributed by atoms with Crippen LogP contribution >= 0.6 is 0 Å². The van der Waals surface area contributed by atoms with E-state index < -0.39 is 11.0 Å². The third-order valence-corrected chi connectivity index (χ3v) is 4.10. The summed E-state index contributed by atoms with van der Waals surface area (Å²) in [5, 5.41) is 34.0. The Hall–Kier alpha value is -3.70. The zero-order valence-corrected chi connectivity index (χ0v) is 14.4. The Labute approximate surface area is 154 Å². The van der Waals surface area contributed by atoms with E-state index in [0.29, 0.717) is 28.0 Å². The average Bonchev–Trinajstić information content (AvgIpc) is 2.70. The normalized spacial score (nSPS) is 11.6. The number of methoxy groups -OCH3 is 1. The SMILES string of the molecule is COc1ccc(C(O)CNc2cc(C#N)c3cc([N+](=O)[O-])ccc3n2)cc1. The Morgan fingerprint density at radius 2 is 2.04 bits per heavy atom. The molecular formula is C19H16N4O4. The van der Waals surface area contributed by atoms with Gasteiger partial charge in [0.05, 0.1) is 35.3 Å². The van der Waals surface area contributed by atoms with E-state index in [1.807, 2.05) is 6.07 Å². The van der Waals surface area contributed by atoms with Gasteiger partial charge in [0.15, 0.2) is 0 Å². The molecule has 8 heteroatoms. The minimum absolute atomic E-state index is 0.101. The first-order chi connectivity index (χ1) is 13.0. The molecule has 2 aromatic carbocycles. The van der Waals surface area contributed by atoms with Crippen LogP contribution in [0.25, 0.3) is 10.9 Å². The van der Waals surface area contributed by atoms with Gasteiger partial charge < -0.3 is 15.2 Å². The standard InChI is InChI=1S/C19H16N4O4/c1-27-15-5-2-12(3-6-15)18(24)11-21-19-8-13(10-20)16-9-14(23(25)26)4-7-17(16)22-19/h2-9,18,24H,11H2,1H3,(H,21,22). The molecule has 0 aliphatic heterocycles. The molecule has 1 heterocycles. The summed E-state index contributed by atoms with van der Waals surface area (Å²) in [5.74, 6) is 1.10. The number of rotatable bonds is 6. The number of fused-ring (bicyclic) bond motifs is 1. The highest BCUT2D eigenvalue weighted by Gasteiger charge is 2.13. The number of aliphatic hydroxyl groups excluding tert-OH is 1. The second-order valence-electron chi connectivity index (χ2n) is 5.80. The molecule has 0 saturated heterocycles. The molecule has 2 N–H and O–H groups in total. The van der Waals surface area contributed by atoms with Crippen molar-refractivity contribution in [3.63, 3.8) is 0 Å². The highest BCUT2D eigenvalue weighted by Crippen LogP contribution is 2.25. The first-order valence-corrected chi connectivity index (χ1v) is 8.07. The fraction of sp³-hybridized carbons (Fsp3) is 0.158. The van der Waals surface area contributed by atoms with Crippen LogP contribution in [0.4, 0.5) is 11.5 Å². The van der Waals surface area contributed by atoms with Crippen molar-refractivity contribution in [2.75, 3.05) is 19.0 Å². The molecule has 136 valence electrons. The topological polar surface area (TPSA) is 121 Å². The van der Waals surface area contributed by atoms with Gasteiger partial charge in [-0.1, -0.05) is 12.1 Å². The van der Waals surface area contributed by atoms with Gasteiger partial charge in [-0.2, -0.15) is 5.26 Å². The minimum atomic E-state index is -0.782. The maximum Gasteiger partial charge on any atom is 0.270 e. The van der Waals surface area contributed by atoms with Crippen LogP contribution in [0.5, 0.6) is 5.75 Å². The van der Waals surface area contributed by atoms with Crippen molar-refractivity contribution in [2.45, 2.75) is 6.10 Å². The minimum Gasteiger partial charge on any atom is -0.497 e. The molecule has 0 saturated carbocycles. The van der Waals surface area contributed by atoms with Crippen molar-refractivity contribution in [2.24, 2.45) is 0 Å². The van der Waals surface area contributed by atoms with Gasteiger partial charge in [-0.15, -0.1) is 0 Å². The van der Waals surface area contributed by atoms with Gasteiger partial charge in [-0.25, -0.2) is 4.98 Å². The number of hydrogen-bond donors (Lipinski definition) is 2. The number of nitro benzene ring substituents is 1. The van der Waals surface area contributed by atoms with Gasteiger partial charge in [0.25, 0.3) is 5.69 Å². The summed E-state index contributed by atoms with van der Waals surface area (Å²) < 4.78 is 5.09. The molecule has 0 aliphatic rings. The molecule has 3 aromatic rings. The molecule has 3 rings (SSSR count). The zero-order chi connectivity index (χ0) is 19.4. The van der Waals surface area contributed by atoms with Crippen LogP contribution in [-0.4, -0.2) is 28.7 Å². The highest BCUT2D eigenvalue weighted by molar-refractivity contribution is 5.88. The lowest BCUT2D eigenvalue weighted by atomic mass is 10.1. The monoisotopic (exact) mass is 364 g/mol. The van der Waals surface area contributed by atoms with Crippen LogP contribution in [0, 0.1) is 21.4 Å². The van der Waals surface area contributed by atoms with Crippen molar-refractivity contribution >= 4 is 22.4 Å². The van der Waals surface area contributed by atoms with Gasteiger partial charge >= 0.3 is 0 Å². The van der Waals surface area contributed by atoms with Gasteiger partial charge in [0.2, 0.25) is 0 Å². The quantitative estimate of drug-likeness (QED) is 0.509. The van der Waals surface area contributed by atoms with Crippen molar-refractivity contribution in [3.8, 4) is 11.8 Å². The highest BCUT2D eigenvalue weighted by atomic mass is 16.6. The molecule has 0 aliphatic carbocycles. The Kier molecular flexibility index (Phi) is 5.15. The first-order valence-electron chi connectivity index (χ1n) is 8.07. The van der Waals surface area contributed by atoms with Gasteiger partial charge in [0.1, 0.15) is 11.6 Å². The number of ether oxygens (including phenoxy) is 1. The van der Waals surface area contributed by atoms with Crippen LogP contribution in [0.15, 0.2) is 48.5 Å². The average molecular weight is 364 g/mol. The van der Waals surface area contributed by atoms with Crippen molar-refractivity contribution in [3.05, 3.63) is 69.8 Å². The third-order valence-electron chi connectivity index (χ3n) is 4.10. The van der Waals surface area contributed by atoms with E-state index in [1.165, 1.54) is 24.3 Å². The molecule has 1 aromatic heterocycles. The largest absolute Gasteiger partial charge is 0.497 e.